The summed E-state index contributed by atoms with van der Waals surface area (Å²) in [6.07, 6.45) is 6.35. The highest BCUT2D eigenvalue weighted by molar-refractivity contribution is 5.21. The van der Waals surface area contributed by atoms with Crippen molar-refractivity contribution in [1.29, 1.82) is 0 Å². The lowest BCUT2D eigenvalue weighted by Crippen LogP contribution is -2.17. The number of nitrogens with one attached hydrogen (secondary N) is 1. The van der Waals surface area contributed by atoms with Crippen LogP contribution in [0.2, 0.25) is 0 Å². The maximum absolute atomic E-state index is 5.88. The van der Waals surface area contributed by atoms with Crippen LogP contribution in [0.4, 0.5) is 0 Å². The van der Waals surface area contributed by atoms with Crippen LogP contribution in [-0.4, -0.2) is 23.0 Å². The Morgan fingerprint density at radius 3 is 2.95 bits per heavy atom. The van der Waals surface area contributed by atoms with Gasteiger partial charge in [0.15, 0.2) is 0 Å². The quantitative estimate of drug-likeness (QED) is 0.849. The number of hydrogen-bond donors (Lipinski definition) is 1. The summed E-state index contributed by atoms with van der Waals surface area (Å²) in [7, 11) is 2.10. The number of aromatic nitrogens is 1. The van der Waals surface area contributed by atoms with Crippen LogP contribution < -0.4 is 5.32 Å². The molecule has 1 fully saturated rings. The van der Waals surface area contributed by atoms with Gasteiger partial charge < -0.3 is 9.73 Å². The third kappa shape index (κ3) is 4.16. The van der Waals surface area contributed by atoms with Crippen molar-refractivity contribution in [3.8, 4) is 0 Å². The molecule has 21 heavy (non-hydrogen) atoms. The predicted molar refractivity (Wildman–Crippen MR) is 82.7 cm³/mol. The fourth-order valence-electron chi connectivity index (χ4n) is 2.51. The fraction of sp³-hybridized carbons (Fsp3) is 0.471. The van der Waals surface area contributed by atoms with Crippen molar-refractivity contribution in [3.63, 3.8) is 0 Å². The number of hydrogen-bond acceptors (Lipinski definition) is 4. The minimum absolute atomic E-state index is 0.732. The van der Waals surface area contributed by atoms with E-state index in [0.29, 0.717) is 0 Å². The highest BCUT2D eigenvalue weighted by Crippen LogP contribution is 2.21. The van der Waals surface area contributed by atoms with Gasteiger partial charge in [0.2, 0.25) is 0 Å². The summed E-state index contributed by atoms with van der Waals surface area (Å²) in [6.45, 7) is 4.67. The first-order valence-electron chi connectivity index (χ1n) is 7.60. The molecule has 0 bridgehead atoms. The van der Waals surface area contributed by atoms with E-state index in [9.17, 15) is 0 Å². The van der Waals surface area contributed by atoms with Crippen molar-refractivity contribution in [1.82, 2.24) is 15.2 Å². The second-order valence-electron chi connectivity index (χ2n) is 5.98. The van der Waals surface area contributed by atoms with Crippen LogP contribution in [0.15, 0.2) is 35.0 Å². The molecule has 0 radical (unpaired) electrons. The molecule has 1 aliphatic carbocycles. The third-order valence-electron chi connectivity index (χ3n) is 3.83. The Morgan fingerprint density at radius 1 is 1.38 bits per heavy atom. The van der Waals surface area contributed by atoms with E-state index in [-0.39, 0.29) is 0 Å². The van der Waals surface area contributed by atoms with E-state index in [0.717, 1.165) is 37.2 Å². The lowest BCUT2D eigenvalue weighted by molar-refractivity contribution is 0.285. The second-order valence-corrected chi connectivity index (χ2v) is 5.98. The molecule has 0 atom stereocenters. The highest BCUT2D eigenvalue weighted by atomic mass is 16.3. The van der Waals surface area contributed by atoms with Gasteiger partial charge in [0.1, 0.15) is 11.5 Å². The van der Waals surface area contributed by atoms with Crippen LogP contribution in [0.1, 0.15) is 35.5 Å². The summed E-state index contributed by atoms with van der Waals surface area (Å²) in [5.74, 6) is 2.07. The molecule has 1 aliphatic rings. The molecule has 0 aliphatic heterocycles. The predicted octanol–water partition coefficient (Wildman–Crippen LogP) is 2.87. The molecule has 1 N–H and O–H groups in total. The number of nitrogens with zero attached hydrogens (tertiary/aromatic N) is 2. The van der Waals surface area contributed by atoms with Crippen LogP contribution >= 0.6 is 0 Å². The molecule has 0 spiro atoms. The Morgan fingerprint density at radius 2 is 2.24 bits per heavy atom. The molecule has 0 amide bonds. The Kier molecular flexibility index (Phi) is 4.36. The molecule has 0 unspecified atom stereocenters. The van der Waals surface area contributed by atoms with Crippen molar-refractivity contribution in [3.05, 3.63) is 53.2 Å². The van der Waals surface area contributed by atoms with Gasteiger partial charge in [0, 0.05) is 37.1 Å². The summed E-state index contributed by atoms with van der Waals surface area (Å²) in [4.78, 5) is 6.39. The molecule has 1 saturated carbocycles. The van der Waals surface area contributed by atoms with Gasteiger partial charge in [-0.25, -0.2) is 0 Å². The molecular weight excluding hydrogens is 262 g/mol. The van der Waals surface area contributed by atoms with Crippen LogP contribution in [-0.2, 0) is 19.6 Å². The number of rotatable bonds is 7. The topological polar surface area (TPSA) is 41.3 Å². The minimum Gasteiger partial charge on any atom is -0.465 e. The monoisotopic (exact) mass is 285 g/mol. The van der Waals surface area contributed by atoms with Crippen molar-refractivity contribution < 1.29 is 4.42 Å². The molecule has 0 saturated heterocycles. The summed E-state index contributed by atoms with van der Waals surface area (Å²) in [6, 6.07) is 6.99. The van der Waals surface area contributed by atoms with Gasteiger partial charge in [0.25, 0.3) is 0 Å². The van der Waals surface area contributed by atoms with Gasteiger partial charge >= 0.3 is 0 Å². The van der Waals surface area contributed by atoms with E-state index in [2.05, 4.69) is 41.3 Å². The van der Waals surface area contributed by atoms with Gasteiger partial charge in [-0.1, -0.05) is 6.07 Å². The van der Waals surface area contributed by atoms with E-state index < -0.39 is 0 Å². The van der Waals surface area contributed by atoms with Gasteiger partial charge in [-0.3, -0.25) is 9.88 Å². The van der Waals surface area contributed by atoms with Crippen molar-refractivity contribution in [2.45, 2.75) is 45.4 Å². The summed E-state index contributed by atoms with van der Waals surface area (Å²) >= 11 is 0. The van der Waals surface area contributed by atoms with Gasteiger partial charge in [-0.2, -0.15) is 0 Å². The van der Waals surface area contributed by atoms with Gasteiger partial charge in [-0.15, -0.1) is 0 Å². The highest BCUT2D eigenvalue weighted by Gasteiger charge is 2.21. The fourth-order valence-corrected chi connectivity index (χ4v) is 2.51. The second kappa shape index (κ2) is 6.41. The SMILES string of the molecule is Cc1oc(CN(C)Cc2cccnc2)cc1CNC1CC1. The summed E-state index contributed by atoms with van der Waals surface area (Å²) in [5, 5.41) is 3.54. The van der Waals surface area contributed by atoms with Crippen molar-refractivity contribution >= 4 is 0 Å². The zero-order valence-corrected chi connectivity index (χ0v) is 12.8. The normalized spacial score (nSPS) is 14.8. The molecule has 2 heterocycles. The molecular formula is C17H23N3O. The molecule has 2 aromatic heterocycles. The first kappa shape index (κ1) is 14.3. The Labute approximate surface area is 126 Å². The first-order chi connectivity index (χ1) is 10.2. The van der Waals surface area contributed by atoms with Crippen molar-refractivity contribution in [2.24, 2.45) is 0 Å². The number of pyridine rings is 1. The first-order valence-corrected chi connectivity index (χ1v) is 7.60. The smallest absolute Gasteiger partial charge is 0.118 e. The largest absolute Gasteiger partial charge is 0.465 e. The maximum Gasteiger partial charge on any atom is 0.118 e. The van der Waals surface area contributed by atoms with E-state index in [1.807, 2.05) is 12.3 Å². The molecule has 3 rings (SSSR count). The average molecular weight is 285 g/mol. The lowest BCUT2D eigenvalue weighted by Gasteiger charge is -2.14. The zero-order chi connectivity index (χ0) is 14.7. The van der Waals surface area contributed by atoms with Gasteiger partial charge in [-0.05, 0) is 44.5 Å². The minimum atomic E-state index is 0.732. The zero-order valence-electron chi connectivity index (χ0n) is 12.8. The summed E-state index contributed by atoms with van der Waals surface area (Å²) in [5.41, 5.74) is 2.51. The standard InChI is InChI=1S/C17H23N3O/c1-13-15(10-19-16-5-6-16)8-17(21-13)12-20(2)11-14-4-3-7-18-9-14/h3-4,7-9,16,19H,5-6,10-12H2,1-2H3. The van der Waals surface area contributed by atoms with E-state index >= 15 is 0 Å². The molecule has 4 nitrogen and oxygen atoms in total. The van der Waals surface area contributed by atoms with E-state index in [1.165, 1.54) is 24.0 Å². The summed E-state index contributed by atoms with van der Waals surface area (Å²) < 4.78 is 5.88. The maximum atomic E-state index is 5.88. The van der Waals surface area contributed by atoms with Crippen LogP contribution in [0, 0.1) is 6.92 Å². The molecule has 112 valence electrons. The Hall–Kier alpha value is -1.65. The van der Waals surface area contributed by atoms with E-state index in [4.69, 9.17) is 4.42 Å². The Bertz CT molecular complexity index is 575. The van der Waals surface area contributed by atoms with Crippen LogP contribution in [0.3, 0.4) is 0 Å². The Balaban J connectivity index is 1.55. The molecule has 2 aromatic rings. The molecule has 0 aromatic carbocycles. The van der Waals surface area contributed by atoms with Crippen LogP contribution in [0.25, 0.3) is 0 Å². The number of furan rings is 1. The number of aryl methyl sites for hydroxylation is 1. The van der Waals surface area contributed by atoms with Crippen molar-refractivity contribution in [2.75, 3.05) is 7.05 Å². The molecule has 4 heteroatoms. The average Bonchev–Trinajstić information content (AvgIpc) is 3.22. The third-order valence-corrected chi connectivity index (χ3v) is 3.83. The van der Waals surface area contributed by atoms with Gasteiger partial charge in [0.05, 0.1) is 6.54 Å². The lowest BCUT2D eigenvalue weighted by atomic mass is 10.2. The van der Waals surface area contributed by atoms with Crippen LogP contribution in [0.5, 0.6) is 0 Å². The van der Waals surface area contributed by atoms with E-state index in [1.54, 1.807) is 6.20 Å².